The minimum absolute atomic E-state index is 0.419. The van der Waals surface area contributed by atoms with Crippen molar-refractivity contribution in [3.8, 4) is 0 Å². The van der Waals surface area contributed by atoms with E-state index in [9.17, 15) is 0 Å². The molecule has 0 aliphatic heterocycles. The van der Waals surface area contributed by atoms with E-state index in [2.05, 4.69) is 104 Å². The van der Waals surface area contributed by atoms with E-state index in [0.29, 0.717) is 5.92 Å². The fourth-order valence-corrected chi connectivity index (χ4v) is 2.94. The topological polar surface area (TPSA) is 3.24 Å². The first kappa shape index (κ1) is 18.8. The lowest BCUT2D eigenvalue weighted by Gasteiger charge is -2.20. The van der Waals surface area contributed by atoms with E-state index < -0.39 is 0 Å². The lowest BCUT2D eigenvalue weighted by atomic mass is 9.92. The molecule has 1 nitrogen and oxygen atoms in total. The van der Waals surface area contributed by atoms with E-state index in [1.807, 2.05) is 13.8 Å². The summed E-state index contributed by atoms with van der Waals surface area (Å²) in [5.41, 5.74) is 5.19. The summed E-state index contributed by atoms with van der Waals surface area (Å²) in [4.78, 5) is 2.24. The summed E-state index contributed by atoms with van der Waals surface area (Å²) in [7, 11) is 2.12. The monoisotopic (exact) mass is 331 g/mol. The van der Waals surface area contributed by atoms with Crippen LogP contribution in [-0.4, -0.2) is 7.05 Å². The van der Waals surface area contributed by atoms with Gasteiger partial charge in [-0.1, -0.05) is 87.5 Å². The Morgan fingerprint density at radius 1 is 0.800 bits per heavy atom. The number of nitrogens with zero attached hydrogens (tertiary/aromatic N) is 1. The normalized spacial score (nSPS) is 14.4. The van der Waals surface area contributed by atoms with Crippen molar-refractivity contribution in [2.24, 2.45) is 0 Å². The lowest BCUT2D eigenvalue weighted by molar-refractivity contribution is 0.915. The van der Waals surface area contributed by atoms with E-state index >= 15 is 0 Å². The van der Waals surface area contributed by atoms with Crippen LogP contribution in [-0.2, 0) is 0 Å². The number of hydrogen-bond donors (Lipinski definition) is 0. The number of hydrogen-bond acceptors (Lipinski definition) is 1. The second-order valence-corrected chi connectivity index (χ2v) is 5.93. The molecule has 2 aromatic rings. The molecule has 1 aliphatic carbocycles. The highest BCUT2D eigenvalue weighted by molar-refractivity contribution is 5.55. The molecule has 0 N–H and O–H groups in total. The molecule has 25 heavy (non-hydrogen) atoms. The van der Waals surface area contributed by atoms with Gasteiger partial charge in [-0.05, 0) is 35.8 Å². The molecular formula is C24H29N. The number of anilines is 1. The highest BCUT2D eigenvalue weighted by Crippen LogP contribution is 2.28. The molecule has 0 radical (unpaired) electrons. The lowest BCUT2D eigenvalue weighted by Crippen LogP contribution is -2.14. The minimum atomic E-state index is 0.419. The highest BCUT2D eigenvalue weighted by atomic mass is 15.1. The summed E-state index contributed by atoms with van der Waals surface area (Å²) < 4.78 is 0. The van der Waals surface area contributed by atoms with Crippen LogP contribution < -0.4 is 4.90 Å². The number of benzene rings is 2. The maximum absolute atomic E-state index is 2.33. The van der Waals surface area contributed by atoms with Crippen molar-refractivity contribution < 1.29 is 0 Å². The third-order valence-corrected chi connectivity index (χ3v) is 4.46. The van der Waals surface area contributed by atoms with E-state index in [0.717, 1.165) is 6.42 Å². The average Bonchev–Trinajstić information content (AvgIpc) is 2.96. The maximum Gasteiger partial charge on any atom is 0.0407 e. The summed E-state index contributed by atoms with van der Waals surface area (Å²) in [5.74, 6) is 0.419. The second-order valence-electron chi connectivity index (χ2n) is 5.93. The molecule has 2 aromatic carbocycles. The molecule has 0 spiro atoms. The van der Waals surface area contributed by atoms with E-state index in [-0.39, 0.29) is 0 Å². The van der Waals surface area contributed by atoms with Gasteiger partial charge in [-0.2, -0.15) is 0 Å². The third kappa shape index (κ3) is 4.96. The van der Waals surface area contributed by atoms with E-state index in [1.165, 1.54) is 22.5 Å². The molecule has 0 amide bonds. The van der Waals surface area contributed by atoms with Crippen LogP contribution in [0.3, 0.4) is 0 Å². The van der Waals surface area contributed by atoms with Gasteiger partial charge in [0.15, 0.2) is 0 Å². The first-order valence-corrected chi connectivity index (χ1v) is 9.18. The van der Waals surface area contributed by atoms with E-state index in [4.69, 9.17) is 0 Å². The zero-order valence-electron chi connectivity index (χ0n) is 15.8. The summed E-state index contributed by atoms with van der Waals surface area (Å²) in [6.07, 6.45) is 10.1. The van der Waals surface area contributed by atoms with Gasteiger partial charge in [-0.15, -0.1) is 0 Å². The first-order chi connectivity index (χ1) is 12.3. The molecule has 130 valence electrons. The summed E-state index contributed by atoms with van der Waals surface area (Å²) in [6.45, 7) is 6.28. The zero-order valence-corrected chi connectivity index (χ0v) is 15.8. The fraction of sp³-hybridized carbons (Fsp3) is 0.250. The molecule has 1 heteroatoms. The van der Waals surface area contributed by atoms with Crippen molar-refractivity contribution >= 4 is 5.69 Å². The fourth-order valence-electron chi connectivity index (χ4n) is 2.94. The Balaban J connectivity index is 0.00000109. The first-order valence-electron chi connectivity index (χ1n) is 9.18. The van der Waals surface area contributed by atoms with Crippen LogP contribution in [0.1, 0.15) is 38.7 Å². The van der Waals surface area contributed by atoms with Crippen LogP contribution in [0.25, 0.3) is 0 Å². The summed E-state index contributed by atoms with van der Waals surface area (Å²) in [6, 6.07) is 21.2. The van der Waals surface area contributed by atoms with Gasteiger partial charge < -0.3 is 4.90 Å². The van der Waals surface area contributed by atoms with E-state index in [1.54, 1.807) is 0 Å². The summed E-state index contributed by atoms with van der Waals surface area (Å²) in [5, 5.41) is 0. The molecule has 1 aliphatic rings. The molecule has 0 heterocycles. The minimum Gasteiger partial charge on any atom is -0.345 e. The van der Waals surface area contributed by atoms with Crippen molar-refractivity contribution in [1.29, 1.82) is 0 Å². The smallest absolute Gasteiger partial charge is 0.0407 e. The Morgan fingerprint density at radius 2 is 1.40 bits per heavy atom. The van der Waals surface area contributed by atoms with Crippen molar-refractivity contribution in [2.45, 2.75) is 33.1 Å². The zero-order chi connectivity index (χ0) is 18.1. The predicted molar refractivity (Wildman–Crippen MR) is 111 cm³/mol. The number of allylic oxidation sites excluding steroid dienone is 5. The molecule has 1 unspecified atom stereocenters. The Morgan fingerprint density at radius 3 is 2.04 bits per heavy atom. The number of rotatable bonds is 4. The van der Waals surface area contributed by atoms with Crippen molar-refractivity contribution in [2.75, 3.05) is 11.9 Å². The van der Waals surface area contributed by atoms with Gasteiger partial charge in [0.05, 0.1) is 0 Å². The van der Waals surface area contributed by atoms with Crippen LogP contribution in [0.2, 0.25) is 0 Å². The van der Waals surface area contributed by atoms with Gasteiger partial charge in [-0.3, -0.25) is 0 Å². The quantitative estimate of drug-likeness (QED) is 0.601. The number of likely N-dealkylation sites (N-methyl/N-ethyl adjacent to an activating group) is 1. The van der Waals surface area contributed by atoms with Gasteiger partial charge in [0, 0.05) is 24.4 Å². The Bertz CT molecular complexity index is 660. The molecular weight excluding hydrogens is 302 g/mol. The molecule has 0 fully saturated rings. The average molecular weight is 332 g/mol. The highest BCUT2D eigenvalue weighted by Gasteiger charge is 2.11. The Kier molecular flexibility index (Phi) is 7.28. The molecule has 0 bridgehead atoms. The maximum atomic E-state index is 2.33. The second kappa shape index (κ2) is 9.68. The molecule has 0 saturated heterocycles. The standard InChI is InChI=1S/C22H23N.C2H6/c1-18(19-10-5-3-6-11-19)20-12-9-15-22(17-16-20)23(2)21-13-7-4-8-14-21;1-2/h3-8,10-18H,9H2,1-2H3;1-2H3. The molecule has 3 rings (SSSR count). The van der Waals surface area contributed by atoms with Crippen molar-refractivity contribution in [1.82, 2.24) is 0 Å². The van der Waals surface area contributed by atoms with Gasteiger partial charge >= 0.3 is 0 Å². The van der Waals surface area contributed by atoms with Crippen LogP contribution in [0.15, 0.2) is 96.2 Å². The Hall–Kier alpha value is -2.54. The number of para-hydroxylation sites is 1. The van der Waals surface area contributed by atoms with Crippen molar-refractivity contribution in [3.63, 3.8) is 0 Å². The van der Waals surface area contributed by atoms with Crippen LogP contribution >= 0.6 is 0 Å². The largest absolute Gasteiger partial charge is 0.345 e. The Labute approximate surface area is 153 Å². The van der Waals surface area contributed by atoms with Gasteiger partial charge in [0.2, 0.25) is 0 Å². The van der Waals surface area contributed by atoms with Crippen LogP contribution in [0, 0.1) is 0 Å². The third-order valence-electron chi connectivity index (χ3n) is 4.46. The van der Waals surface area contributed by atoms with Gasteiger partial charge in [-0.25, -0.2) is 0 Å². The molecule has 0 aromatic heterocycles. The predicted octanol–water partition coefficient (Wildman–Crippen LogP) is 6.72. The van der Waals surface area contributed by atoms with Gasteiger partial charge in [0.1, 0.15) is 0 Å². The molecule has 1 atom stereocenters. The van der Waals surface area contributed by atoms with Gasteiger partial charge in [0.25, 0.3) is 0 Å². The van der Waals surface area contributed by atoms with Crippen molar-refractivity contribution in [3.05, 3.63) is 102 Å². The van der Waals surface area contributed by atoms with Crippen LogP contribution in [0.4, 0.5) is 5.69 Å². The summed E-state index contributed by atoms with van der Waals surface area (Å²) >= 11 is 0. The SMILES string of the molecule is CC.CC(C1=CCC=C(N(C)c2ccccc2)C=C1)c1ccccc1. The van der Waals surface area contributed by atoms with Crippen LogP contribution in [0.5, 0.6) is 0 Å². The molecule has 0 saturated carbocycles.